The first-order valence-electron chi connectivity index (χ1n) is 8.31. The Morgan fingerprint density at radius 1 is 1.04 bits per heavy atom. The van der Waals surface area contributed by atoms with Crippen LogP contribution in [-0.4, -0.2) is 64.8 Å². The maximum absolute atomic E-state index is 14.1. The standard InChI is InChI=1S/C17H23F2NO4/c18-13-5-11(24-9-10-1-2-10)6-14(19)12(13)3-4-20-7-15(21)17(23)16(22)8-20/h5-6,10,15-17,21-23H,1-4,7-9H2/t15-,16+,17?. The van der Waals surface area contributed by atoms with Gasteiger partial charge in [0.15, 0.2) is 0 Å². The van der Waals surface area contributed by atoms with Crippen LogP contribution in [0.2, 0.25) is 0 Å². The van der Waals surface area contributed by atoms with E-state index in [1.54, 1.807) is 4.90 Å². The number of aliphatic hydroxyl groups excluding tert-OH is 3. The molecular weight excluding hydrogens is 320 g/mol. The van der Waals surface area contributed by atoms with Crippen molar-refractivity contribution in [2.75, 3.05) is 26.2 Å². The molecule has 1 saturated heterocycles. The Kier molecular flexibility index (Phi) is 5.34. The summed E-state index contributed by atoms with van der Waals surface area (Å²) in [5, 5.41) is 28.8. The van der Waals surface area contributed by atoms with E-state index in [4.69, 9.17) is 4.74 Å². The van der Waals surface area contributed by atoms with Gasteiger partial charge in [-0.3, -0.25) is 4.90 Å². The van der Waals surface area contributed by atoms with Crippen molar-refractivity contribution in [2.45, 2.75) is 37.6 Å². The molecule has 2 aliphatic rings. The number of aliphatic hydroxyl groups is 3. The van der Waals surface area contributed by atoms with Crippen LogP contribution in [-0.2, 0) is 6.42 Å². The average molecular weight is 343 g/mol. The second kappa shape index (κ2) is 7.31. The van der Waals surface area contributed by atoms with Crippen LogP contribution in [0, 0.1) is 17.6 Å². The quantitative estimate of drug-likeness (QED) is 0.709. The average Bonchev–Trinajstić information content (AvgIpc) is 3.34. The smallest absolute Gasteiger partial charge is 0.133 e. The highest BCUT2D eigenvalue weighted by atomic mass is 19.1. The SMILES string of the molecule is OC1[C@H](O)CN(CCc2c(F)cc(OCC3CC3)cc2F)C[C@@H]1O. The van der Waals surface area contributed by atoms with Crippen LogP contribution in [0.25, 0.3) is 0 Å². The number of likely N-dealkylation sites (tertiary alicyclic amines) is 1. The number of β-amino-alcohol motifs (C(OH)–C–C–N with tert-alkyl or cyclic N) is 2. The molecule has 0 spiro atoms. The molecule has 1 saturated carbocycles. The molecule has 7 heteroatoms. The fourth-order valence-electron chi connectivity index (χ4n) is 2.93. The molecule has 0 amide bonds. The van der Waals surface area contributed by atoms with Gasteiger partial charge in [0, 0.05) is 37.3 Å². The molecule has 0 aromatic heterocycles. The molecule has 3 atom stereocenters. The highest BCUT2D eigenvalue weighted by Gasteiger charge is 2.33. The predicted molar refractivity (Wildman–Crippen MR) is 82.7 cm³/mol. The summed E-state index contributed by atoms with van der Waals surface area (Å²) >= 11 is 0. The minimum atomic E-state index is -1.18. The lowest BCUT2D eigenvalue weighted by molar-refractivity contribution is -0.109. The van der Waals surface area contributed by atoms with Crippen LogP contribution in [0.1, 0.15) is 18.4 Å². The lowest BCUT2D eigenvalue weighted by Crippen LogP contribution is -2.55. The Morgan fingerprint density at radius 3 is 2.17 bits per heavy atom. The topological polar surface area (TPSA) is 73.2 Å². The lowest BCUT2D eigenvalue weighted by atomic mass is 10.0. The molecule has 1 aliphatic heterocycles. The summed E-state index contributed by atoms with van der Waals surface area (Å²) in [6.45, 7) is 1.08. The molecule has 1 aliphatic carbocycles. The second-order valence-corrected chi connectivity index (χ2v) is 6.75. The summed E-state index contributed by atoms with van der Waals surface area (Å²) in [7, 11) is 0. The summed E-state index contributed by atoms with van der Waals surface area (Å²) < 4.78 is 33.7. The van der Waals surface area contributed by atoms with Crippen LogP contribution in [0.3, 0.4) is 0 Å². The fourth-order valence-corrected chi connectivity index (χ4v) is 2.93. The van der Waals surface area contributed by atoms with E-state index in [0.29, 0.717) is 12.5 Å². The zero-order valence-corrected chi connectivity index (χ0v) is 13.4. The molecule has 5 nitrogen and oxygen atoms in total. The minimum Gasteiger partial charge on any atom is -0.493 e. The van der Waals surface area contributed by atoms with Crippen molar-refractivity contribution in [1.82, 2.24) is 4.90 Å². The van der Waals surface area contributed by atoms with Gasteiger partial charge in [0.05, 0.1) is 18.8 Å². The highest BCUT2D eigenvalue weighted by molar-refractivity contribution is 5.31. The molecule has 3 rings (SSSR count). The van der Waals surface area contributed by atoms with Crippen molar-refractivity contribution >= 4 is 0 Å². The largest absolute Gasteiger partial charge is 0.493 e. The Morgan fingerprint density at radius 2 is 1.62 bits per heavy atom. The molecule has 1 aromatic rings. The third kappa shape index (κ3) is 4.22. The number of rotatable bonds is 6. The van der Waals surface area contributed by atoms with Gasteiger partial charge >= 0.3 is 0 Å². The Hall–Kier alpha value is -1.28. The monoisotopic (exact) mass is 343 g/mol. The molecule has 3 N–H and O–H groups in total. The Balaban J connectivity index is 1.58. The van der Waals surface area contributed by atoms with Crippen LogP contribution >= 0.6 is 0 Å². The molecule has 0 radical (unpaired) electrons. The molecule has 24 heavy (non-hydrogen) atoms. The summed E-state index contributed by atoms with van der Waals surface area (Å²) in [6, 6.07) is 2.40. The van der Waals surface area contributed by atoms with Crippen molar-refractivity contribution in [2.24, 2.45) is 5.92 Å². The number of ether oxygens (including phenoxy) is 1. The van der Waals surface area contributed by atoms with Gasteiger partial charge in [-0.15, -0.1) is 0 Å². The van der Waals surface area contributed by atoms with Crippen LogP contribution in [0.5, 0.6) is 5.75 Å². The number of hydrogen-bond acceptors (Lipinski definition) is 5. The third-order valence-electron chi connectivity index (χ3n) is 4.65. The van der Waals surface area contributed by atoms with Crippen LogP contribution < -0.4 is 4.74 Å². The fraction of sp³-hybridized carbons (Fsp3) is 0.647. The summed E-state index contributed by atoms with van der Waals surface area (Å²) in [5.74, 6) is -0.603. The van der Waals surface area contributed by atoms with E-state index in [0.717, 1.165) is 12.8 Å². The molecule has 134 valence electrons. The first-order chi connectivity index (χ1) is 11.4. The molecule has 1 unspecified atom stereocenters. The van der Waals surface area contributed by atoms with Crippen molar-refractivity contribution in [3.8, 4) is 5.75 Å². The normalized spacial score (nSPS) is 28.1. The summed E-state index contributed by atoms with van der Waals surface area (Å²) in [6.07, 6.45) is -1.01. The predicted octanol–water partition coefficient (Wildman–Crippen LogP) is 0.694. The Bertz CT molecular complexity index is 547. The number of halogens is 2. The Labute approximate surface area is 139 Å². The number of piperidine rings is 1. The minimum absolute atomic E-state index is 0.0381. The van der Waals surface area contributed by atoms with E-state index in [-0.39, 0.29) is 37.4 Å². The van der Waals surface area contributed by atoms with Crippen LogP contribution in [0.4, 0.5) is 8.78 Å². The highest BCUT2D eigenvalue weighted by Crippen LogP contribution is 2.30. The van der Waals surface area contributed by atoms with Crippen molar-refractivity contribution in [3.05, 3.63) is 29.3 Å². The summed E-state index contributed by atoms with van der Waals surface area (Å²) in [5.41, 5.74) is -0.0381. The zero-order valence-electron chi connectivity index (χ0n) is 13.4. The molecule has 2 fully saturated rings. The number of nitrogens with zero attached hydrogens (tertiary/aromatic N) is 1. The van der Waals surface area contributed by atoms with Crippen molar-refractivity contribution < 1.29 is 28.8 Å². The van der Waals surface area contributed by atoms with E-state index in [1.165, 1.54) is 12.1 Å². The number of hydrogen-bond donors (Lipinski definition) is 3. The van der Waals surface area contributed by atoms with Crippen molar-refractivity contribution in [1.29, 1.82) is 0 Å². The van der Waals surface area contributed by atoms with E-state index in [9.17, 15) is 24.1 Å². The third-order valence-corrected chi connectivity index (χ3v) is 4.65. The first kappa shape index (κ1) is 17.5. The number of benzene rings is 1. The molecule has 0 bridgehead atoms. The van der Waals surface area contributed by atoms with E-state index in [2.05, 4.69) is 0 Å². The maximum atomic E-state index is 14.1. The van der Waals surface area contributed by atoms with Crippen LogP contribution in [0.15, 0.2) is 12.1 Å². The molecule has 1 aromatic carbocycles. The second-order valence-electron chi connectivity index (χ2n) is 6.75. The molecular formula is C17H23F2NO4. The van der Waals surface area contributed by atoms with Gasteiger partial charge in [0.1, 0.15) is 23.5 Å². The lowest BCUT2D eigenvalue weighted by Gasteiger charge is -2.36. The van der Waals surface area contributed by atoms with Gasteiger partial charge in [-0.05, 0) is 25.2 Å². The van der Waals surface area contributed by atoms with Gasteiger partial charge < -0.3 is 20.1 Å². The molecule has 1 heterocycles. The van der Waals surface area contributed by atoms with Gasteiger partial charge in [-0.25, -0.2) is 8.78 Å². The van der Waals surface area contributed by atoms with E-state index < -0.39 is 29.9 Å². The van der Waals surface area contributed by atoms with E-state index in [1.807, 2.05) is 0 Å². The van der Waals surface area contributed by atoms with Gasteiger partial charge in [0.25, 0.3) is 0 Å². The van der Waals surface area contributed by atoms with E-state index >= 15 is 0 Å². The maximum Gasteiger partial charge on any atom is 0.133 e. The summed E-state index contributed by atoms with van der Waals surface area (Å²) in [4.78, 5) is 1.68. The van der Waals surface area contributed by atoms with Gasteiger partial charge in [-0.2, -0.15) is 0 Å². The van der Waals surface area contributed by atoms with Crippen molar-refractivity contribution in [3.63, 3.8) is 0 Å². The first-order valence-corrected chi connectivity index (χ1v) is 8.31. The zero-order chi connectivity index (χ0) is 17.3. The van der Waals surface area contributed by atoms with Gasteiger partial charge in [0.2, 0.25) is 0 Å². The van der Waals surface area contributed by atoms with Gasteiger partial charge in [-0.1, -0.05) is 0 Å².